The predicted molar refractivity (Wildman–Crippen MR) is 74.0 cm³/mol. The molecule has 0 aliphatic rings. The highest BCUT2D eigenvalue weighted by atomic mass is 16.5. The van der Waals surface area contributed by atoms with Gasteiger partial charge in [0.2, 0.25) is 0 Å². The number of carbonyl (C=O) groups excluding carboxylic acids is 1. The third kappa shape index (κ3) is 4.04. The van der Waals surface area contributed by atoms with Crippen LogP contribution in [0.5, 0.6) is 0 Å². The smallest absolute Gasteiger partial charge is 0.253 e. The van der Waals surface area contributed by atoms with E-state index in [-0.39, 0.29) is 5.91 Å². The SMILES string of the molecule is CCC(COC)Nc1ccc(C(=O)N(C)C)cc1. The van der Waals surface area contributed by atoms with Gasteiger partial charge < -0.3 is 15.0 Å². The van der Waals surface area contributed by atoms with Gasteiger partial charge in [-0.2, -0.15) is 0 Å². The molecule has 18 heavy (non-hydrogen) atoms. The first-order valence-corrected chi connectivity index (χ1v) is 6.15. The van der Waals surface area contributed by atoms with E-state index in [1.807, 2.05) is 24.3 Å². The van der Waals surface area contributed by atoms with E-state index in [4.69, 9.17) is 4.74 Å². The zero-order valence-electron chi connectivity index (χ0n) is 11.6. The first-order valence-electron chi connectivity index (χ1n) is 6.15. The third-order valence-electron chi connectivity index (χ3n) is 2.77. The van der Waals surface area contributed by atoms with Gasteiger partial charge in [-0.3, -0.25) is 4.79 Å². The second-order valence-corrected chi connectivity index (χ2v) is 4.48. The maximum atomic E-state index is 11.7. The predicted octanol–water partition coefficient (Wildman–Crippen LogP) is 2.23. The lowest BCUT2D eigenvalue weighted by Gasteiger charge is -2.17. The molecule has 1 unspecified atom stereocenters. The van der Waals surface area contributed by atoms with Gasteiger partial charge in [-0.1, -0.05) is 6.92 Å². The summed E-state index contributed by atoms with van der Waals surface area (Å²) in [6.45, 7) is 2.79. The summed E-state index contributed by atoms with van der Waals surface area (Å²) >= 11 is 0. The maximum Gasteiger partial charge on any atom is 0.253 e. The fourth-order valence-corrected chi connectivity index (χ4v) is 1.67. The summed E-state index contributed by atoms with van der Waals surface area (Å²) < 4.78 is 5.14. The number of nitrogens with zero attached hydrogens (tertiary/aromatic N) is 1. The minimum Gasteiger partial charge on any atom is -0.383 e. The topological polar surface area (TPSA) is 41.6 Å². The number of hydrogen-bond acceptors (Lipinski definition) is 3. The number of anilines is 1. The normalized spacial score (nSPS) is 12.0. The van der Waals surface area contributed by atoms with Crippen molar-refractivity contribution in [3.05, 3.63) is 29.8 Å². The number of nitrogens with one attached hydrogen (secondary N) is 1. The second-order valence-electron chi connectivity index (χ2n) is 4.48. The lowest BCUT2D eigenvalue weighted by Crippen LogP contribution is -2.24. The average Bonchev–Trinajstić information content (AvgIpc) is 2.38. The van der Waals surface area contributed by atoms with Gasteiger partial charge in [-0.25, -0.2) is 0 Å². The van der Waals surface area contributed by atoms with Crippen molar-refractivity contribution in [2.75, 3.05) is 33.1 Å². The van der Waals surface area contributed by atoms with Crippen molar-refractivity contribution in [3.63, 3.8) is 0 Å². The van der Waals surface area contributed by atoms with Gasteiger partial charge in [0, 0.05) is 38.5 Å². The van der Waals surface area contributed by atoms with Crippen LogP contribution in [0.25, 0.3) is 0 Å². The summed E-state index contributed by atoms with van der Waals surface area (Å²) in [6.07, 6.45) is 0.992. The van der Waals surface area contributed by atoms with Crippen LogP contribution in [0.3, 0.4) is 0 Å². The summed E-state index contributed by atoms with van der Waals surface area (Å²) in [5, 5.41) is 3.38. The Bertz CT molecular complexity index is 374. The Morgan fingerprint density at radius 3 is 2.39 bits per heavy atom. The summed E-state index contributed by atoms with van der Waals surface area (Å²) in [5.41, 5.74) is 1.71. The highest BCUT2D eigenvalue weighted by Gasteiger charge is 2.09. The highest BCUT2D eigenvalue weighted by Crippen LogP contribution is 2.13. The zero-order chi connectivity index (χ0) is 13.5. The van der Waals surface area contributed by atoms with Crippen molar-refractivity contribution in [2.24, 2.45) is 0 Å². The van der Waals surface area contributed by atoms with Gasteiger partial charge in [0.25, 0.3) is 5.91 Å². The lowest BCUT2D eigenvalue weighted by molar-refractivity contribution is 0.0827. The molecule has 1 aromatic rings. The summed E-state index contributed by atoms with van der Waals surface area (Å²) in [6, 6.07) is 7.82. The Labute approximate surface area is 109 Å². The van der Waals surface area contributed by atoms with Crippen LogP contribution in [0.15, 0.2) is 24.3 Å². The molecule has 4 nitrogen and oxygen atoms in total. The van der Waals surface area contributed by atoms with E-state index in [1.54, 1.807) is 26.1 Å². The van der Waals surface area contributed by atoms with Gasteiger partial charge >= 0.3 is 0 Å². The summed E-state index contributed by atoms with van der Waals surface area (Å²) in [7, 11) is 5.20. The first-order chi connectivity index (χ1) is 8.58. The molecule has 100 valence electrons. The van der Waals surface area contributed by atoms with E-state index in [0.717, 1.165) is 12.1 Å². The molecule has 0 aliphatic carbocycles. The average molecular weight is 250 g/mol. The number of benzene rings is 1. The molecule has 0 aliphatic heterocycles. The van der Waals surface area contributed by atoms with Crippen molar-refractivity contribution in [2.45, 2.75) is 19.4 Å². The molecule has 0 saturated heterocycles. The molecule has 0 radical (unpaired) electrons. The third-order valence-corrected chi connectivity index (χ3v) is 2.77. The number of carbonyl (C=O) groups is 1. The minimum absolute atomic E-state index is 0.0190. The fourth-order valence-electron chi connectivity index (χ4n) is 1.67. The van der Waals surface area contributed by atoms with Crippen LogP contribution in [0.1, 0.15) is 23.7 Å². The van der Waals surface area contributed by atoms with Crippen LogP contribution >= 0.6 is 0 Å². The van der Waals surface area contributed by atoms with Crippen LogP contribution in [0.4, 0.5) is 5.69 Å². The van der Waals surface area contributed by atoms with Crippen molar-refractivity contribution in [1.82, 2.24) is 4.90 Å². The molecule has 1 atom stereocenters. The van der Waals surface area contributed by atoms with E-state index in [0.29, 0.717) is 18.2 Å². The van der Waals surface area contributed by atoms with E-state index >= 15 is 0 Å². The van der Waals surface area contributed by atoms with E-state index < -0.39 is 0 Å². The van der Waals surface area contributed by atoms with Crippen LogP contribution in [-0.2, 0) is 4.74 Å². The number of hydrogen-bond donors (Lipinski definition) is 1. The van der Waals surface area contributed by atoms with Gasteiger partial charge in [-0.15, -0.1) is 0 Å². The van der Waals surface area contributed by atoms with Gasteiger partial charge in [0.05, 0.1) is 6.61 Å². The number of methoxy groups -OCH3 is 1. The quantitative estimate of drug-likeness (QED) is 0.841. The first kappa shape index (κ1) is 14.5. The summed E-state index contributed by atoms with van der Waals surface area (Å²) in [5.74, 6) is 0.0190. The maximum absolute atomic E-state index is 11.7. The van der Waals surface area contributed by atoms with Gasteiger partial charge in [0.15, 0.2) is 0 Å². The van der Waals surface area contributed by atoms with E-state index in [9.17, 15) is 4.79 Å². The van der Waals surface area contributed by atoms with Gasteiger partial charge in [-0.05, 0) is 30.7 Å². The fraction of sp³-hybridized carbons (Fsp3) is 0.500. The number of amides is 1. The Morgan fingerprint density at radius 1 is 1.33 bits per heavy atom. The van der Waals surface area contributed by atoms with E-state index in [2.05, 4.69) is 12.2 Å². The lowest BCUT2D eigenvalue weighted by atomic mass is 10.1. The van der Waals surface area contributed by atoms with Crippen molar-refractivity contribution in [3.8, 4) is 0 Å². The highest BCUT2D eigenvalue weighted by molar-refractivity contribution is 5.94. The van der Waals surface area contributed by atoms with Crippen LogP contribution < -0.4 is 5.32 Å². The molecule has 0 aromatic heterocycles. The van der Waals surface area contributed by atoms with Crippen LogP contribution in [0, 0.1) is 0 Å². The summed E-state index contributed by atoms with van der Waals surface area (Å²) in [4.78, 5) is 13.3. The Balaban J connectivity index is 2.68. The van der Waals surface area contributed by atoms with Gasteiger partial charge in [0.1, 0.15) is 0 Å². The molecular weight excluding hydrogens is 228 g/mol. The number of rotatable bonds is 6. The molecule has 0 bridgehead atoms. The van der Waals surface area contributed by atoms with Crippen LogP contribution in [0.2, 0.25) is 0 Å². The molecule has 0 saturated carbocycles. The van der Waals surface area contributed by atoms with Crippen molar-refractivity contribution >= 4 is 11.6 Å². The minimum atomic E-state index is 0.0190. The van der Waals surface area contributed by atoms with Crippen molar-refractivity contribution in [1.29, 1.82) is 0 Å². The van der Waals surface area contributed by atoms with Crippen molar-refractivity contribution < 1.29 is 9.53 Å². The molecule has 1 aromatic carbocycles. The largest absolute Gasteiger partial charge is 0.383 e. The molecule has 0 heterocycles. The molecule has 1 rings (SSSR count). The molecule has 1 amide bonds. The zero-order valence-corrected chi connectivity index (χ0v) is 11.6. The monoisotopic (exact) mass is 250 g/mol. The standard InChI is InChI=1S/C14H22N2O2/c1-5-12(10-18-4)15-13-8-6-11(7-9-13)14(17)16(2)3/h6-9,12,15H,5,10H2,1-4H3. The molecular formula is C14H22N2O2. The number of ether oxygens (including phenoxy) is 1. The molecule has 4 heteroatoms. The second kappa shape index (κ2) is 7.01. The Morgan fingerprint density at radius 2 is 1.94 bits per heavy atom. The van der Waals surface area contributed by atoms with E-state index in [1.165, 1.54) is 0 Å². The molecule has 0 spiro atoms. The molecule has 0 fully saturated rings. The Kier molecular flexibility index (Phi) is 5.65. The Hall–Kier alpha value is -1.55. The van der Waals surface area contributed by atoms with Crippen LogP contribution in [-0.4, -0.2) is 44.7 Å². The molecule has 1 N–H and O–H groups in total.